The summed E-state index contributed by atoms with van der Waals surface area (Å²) in [5.41, 5.74) is 5.03. The second kappa shape index (κ2) is 5.78. The molecule has 77 valence electrons. The third-order valence-electron chi connectivity index (χ3n) is 2.22. The molecule has 0 aromatic carbocycles. The van der Waals surface area contributed by atoms with Crippen LogP contribution in [0, 0.1) is 0 Å². The molecule has 6 nitrogen and oxygen atoms in total. The average Bonchev–Trinajstić information content (AvgIpc) is 2.03. The molecule has 0 aromatic rings. The number of sulfonamides is 1. The fraction of sp³-hybridized carbons (Fsp3) is 0.833. The molecule has 1 aliphatic rings. The molecule has 0 spiro atoms. The number of hydrogen-bond donors (Lipinski definition) is 2. The summed E-state index contributed by atoms with van der Waals surface area (Å²) in [7, 11) is -3.45. The van der Waals surface area contributed by atoms with E-state index in [0.717, 1.165) is 0 Å². The molecule has 0 aliphatic carbocycles. The zero-order chi connectivity index (χ0) is 10.1. The quantitative estimate of drug-likeness (QED) is 0.546. The van der Waals surface area contributed by atoms with Crippen LogP contribution >= 0.6 is 0 Å². The maximum Gasteiger partial charge on any atom is 0.314 e. The molecule has 1 rings (SSSR count). The van der Waals surface area contributed by atoms with Gasteiger partial charge in [0.15, 0.2) is 0 Å². The number of carbonyl (C=O) groups is 1. The maximum atomic E-state index is 10.9. The zero-order valence-electron chi connectivity index (χ0n) is 8.14. The minimum absolute atomic E-state index is 0. The number of nitrogens with two attached hydrogens (primary N) is 2. The number of urea groups is 1. The Labute approximate surface area is 126 Å². The van der Waals surface area contributed by atoms with Crippen molar-refractivity contribution in [2.24, 2.45) is 10.9 Å². The SMILES string of the molecule is NC(=O)N1CCC(S(N)(=O)=O)CC1.[K]. The van der Waals surface area contributed by atoms with Crippen molar-refractivity contribution in [1.29, 1.82) is 0 Å². The number of piperidine rings is 1. The first kappa shape index (κ1) is 14.8. The van der Waals surface area contributed by atoms with E-state index < -0.39 is 21.3 Å². The molecule has 4 N–H and O–H groups in total. The normalized spacial score (nSPS) is 18.8. The fourth-order valence-electron chi connectivity index (χ4n) is 1.40. The van der Waals surface area contributed by atoms with Crippen LogP contribution in [0.25, 0.3) is 0 Å². The van der Waals surface area contributed by atoms with Crippen molar-refractivity contribution in [3.05, 3.63) is 0 Å². The van der Waals surface area contributed by atoms with Gasteiger partial charge in [0.2, 0.25) is 10.0 Å². The Morgan fingerprint density at radius 3 is 2.00 bits per heavy atom. The summed E-state index contributed by atoms with van der Waals surface area (Å²) in [5.74, 6) is 0. The van der Waals surface area contributed by atoms with Crippen LogP contribution in [-0.4, -0.2) is 89.1 Å². The van der Waals surface area contributed by atoms with Crippen LogP contribution in [0.1, 0.15) is 12.8 Å². The van der Waals surface area contributed by atoms with Gasteiger partial charge >= 0.3 is 6.03 Å². The van der Waals surface area contributed by atoms with Crippen molar-refractivity contribution in [3.63, 3.8) is 0 Å². The molecule has 1 fully saturated rings. The monoisotopic (exact) mass is 246 g/mol. The first-order valence-corrected chi connectivity index (χ1v) is 5.58. The number of nitrogens with zero attached hydrogens (tertiary/aromatic N) is 1. The van der Waals surface area contributed by atoms with Gasteiger partial charge in [0, 0.05) is 64.5 Å². The molecule has 0 bridgehead atoms. The Balaban J connectivity index is 0.00000169. The second-order valence-electron chi connectivity index (χ2n) is 3.11. The van der Waals surface area contributed by atoms with Gasteiger partial charge in [-0.3, -0.25) is 0 Å². The molecule has 14 heavy (non-hydrogen) atoms. The van der Waals surface area contributed by atoms with E-state index in [1.165, 1.54) is 4.90 Å². The minimum Gasteiger partial charge on any atom is -0.351 e. The number of likely N-dealkylation sites (tertiary alicyclic amines) is 1. The van der Waals surface area contributed by atoms with Gasteiger partial charge in [0.05, 0.1) is 5.25 Å². The van der Waals surface area contributed by atoms with Gasteiger partial charge in [-0.25, -0.2) is 18.4 Å². The van der Waals surface area contributed by atoms with Gasteiger partial charge in [0.1, 0.15) is 0 Å². The summed E-state index contributed by atoms with van der Waals surface area (Å²) in [4.78, 5) is 12.1. The van der Waals surface area contributed by atoms with E-state index in [1.54, 1.807) is 0 Å². The Bertz CT molecular complexity index is 297. The topological polar surface area (TPSA) is 106 Å². The van der Waals surface area contributed by atoms with E-state index in [-0.39, 0.29) is 51.4 Å². The minimum atomic E-state index is -3.45. The van der Waals surface area contributed by atoms with Crippen molar-refractivity contribution < 1.29 is 13.2 Å². The van der Waals surface area contributed by atoms with Crippen LogP contribution < -0.4 is 10.9 Å². The van der Waals surface area contributed by atoms with Gasteiger partial charge in [-0.1, -0.05) is 0 Å². The van der Waals surface area contributed by atoms with Crippen LogP contribution in [0.2, 0.25) is 0 Å². The van der Waals surface area contributed by atoms with Crippen molar-refractivity contribution in [1.82, 2.24) is 4.90 Å². The van der Waals surface area contributed by atoms with E-state index >= 15 is 0 Å². The van der Waals surface area contributed by atoms with E-state index in [0.29, 0.717) is 25.9 Å². The first-order valence-electron chi connectivity index (χ1n) is 3.97. The molecular weight excluding hydrogens is 233 g/mol. The molecule has 1 radical (unpaired) electrons. The van der Waals surface area contributed by atoms with E-state index in [4.69, 9.17) is 10.9 Å². The fourth-order valence-corrected chi connectivity index (χ4v) is 2.27. The van der Waals surface area contributed by atoms with E-state index in [1.807, 2.05) is 0 Å². The molecule has 8 heteroatoms. The summed E-state index contributed by atoms with van der Waals surface area (Å²) in [6.07, 6.45) is 0.754. The molecule has 0 aromatic heterocycles. The van der Waals surface area contributed by atoms with Crippen LogP contribution in [0.4, 0.5) is 4.79 Å². The van der Waals surface area contributed by atoms with Gasteiger partial charge in [-0.05, 0) is 12.8 Å². The summed E-state index contributed by atoms with van der Waals surface area (Å²) in [6.45, 7) is 0.743. The third-order valence-corrected chi connectivity index (χ3v) is 3.62. The van der Waals surface area contributed by atoms with Gasteiger partial charge in [-0.15, -0.1) is 0 Å². The Morgan fingerprint density at radius 2 is 1.71 bits per heavy atom. The maximum absolute atomic E-state index is 10.9. The summed E-state index contributed by atoms with van der Waals surface area (Å²) < 4.78 is 21.8. The Kier molecular flexibility index (Phi) is 6.12. The molecule has 1 aliphatic heterocycles. The predicted molar refractivity (Wildman–Crippen MR) is 53.0 cm³/mol. The van der Waals surface area contributed by atoms with Gasteiger partial charge in [0.25, 0.3) is 0 Å². The molecule has 0 saturated carbocycles. The molecule has 0 unspecified atom stereocenters. The Morgan fingerprint density at radius 1 is 1.29 bits per heavy atom. The number of carbonyl (C=O) groups excluding carboxylic acids is 1. The van der Waals surface area contributed by atoms with Crippen molar-refractivity contribution in [3.8, 4) is 0 Å². The largest absolute Gasteiger partial charge is 0.351 e. The van der Waals surface area contributed by atoms with Gasteiger partial charge in [-0.2, -0.15) is 0 Å². The second-order valence-corrected chi connectivity index (χ2v) is 4.96. The number of primary amides is 1. The number of rotatable bonds is 1. The van der Waals surface area contributed by atoms with Crippen molar-refractivity contribution >= 4 is 67.4 Å². The van der Waals surface area contributed by atoms with Crippen LogP contribution in [0.3, 0.4) is 0 Å². The van der Waals surface area contributed by atoms with E-state index in [2.05, 4.69) is 0 Å². The molecule has 2 amide bonds. The summed E-state index contributed by atoms with van der Waals surface area (Å²) in [5, 5.41) is 4.44. The van der Waals surface area contributed by atoms with Crippen LogP contribution in [0.15, 0.2) is 0 Å². The van der Waals surface area contributed by atoms with Crippen molar-refractivity contribution in [2.45, 2.75) is 18.1 Å². The molecule has 1 saturated heterocycles. The predicted octanol–water partition coefficient (Wildman–Crippen LogP) is -1.56. The van der Waals surface area contributed by atoms with Crippen molar-refractivity contribution in [2.75, 3.05) is 13.1 Å². The molecule has 1 heterocycles. The Hall–Kier alpha value is 0.816. The first-order chi connectivity index (χ1) is 5.91. The van der Waals surface area contributed by atoms with Crippen LogP contribution in [0.5, 0.6) is 0 Å². The van der Waals surface area contributed by atoms with E-state index in [9.17, 15) is 13.2 Å². The summed E-state index contributed by atoms with van der Waals surface area (Å²) >= 11 is 0. The molecule has 0 atom stereocenters. The smallest absolute Gasteiger partial charge is 0.314 e. The third kappa shape index (κ3) is 4.13. The zero-order valence-corrected chi connectivity index (χ0v) is 12.1. The van der Waals surface area contributed by atoms with Crippen LogP contribution in [-0.2, 0) is 10.0 Å². The number of primary sulfonamides is 1. The standard InChI is InChI=1S/C6H13N3O3S.K/c7-6(10)9-3-1-5(2-4-9)13(8,11)12;/h5H,1-4H2,(H2,7,10)(H2,8,11,12);. The van der Waals surface area contributed by atoms with Gasteiger partial charge < -0.3 is 10.6 Å². The number of amides is 2. The number of hydrogen-bond acceptors (Lipinski definition) is 3. The summed E-state index contributed by atoms with van der Waals surface area (Å²) in [6, 6.07) is -0.507. The average molecular weight is 246 g/mol. The molecular formula is C6H13KN3O3S.